The number of para-hydroxylation sites is 1. The third-order valence-electron chi connectivity index (χ3n) is 5.64. The van der Waals surface area contributed by atoms with E-state index in [1.165, 1.54) is 25.7 Å². The quantitative estimate of drug-likeness (QED) is 0.793. The lowest BCUT2D eigenvalue weighted by atomic mass is 10.0. The Bertz CT molecular complexity index is 546. The number of phenolic OH excluding ortho intramolecular Hbond substituents is 1. The summed E-state index contributed by atoms with van der Waals surface area (Å²) >= 11 is 0. The highest BCUT2D eigenvalue weighted by atomic mass is 16.5. The van der Waals surface area contributed by atoms with Gasteiger partial charge < -0.3 is 14.9 Å². The molecule has 1 heterocycles. The predicted molar refractivity (Wildman–Crippen MR) is 99.0 cm³/mol. The molecule has 5 nitrogen and oxygen atoms in total. The van der Waals surface area contributed by atoms with Crippen molar-refractivity contribution in [1.29, 1.82) is 0 Å². The maximum atomic E-state index is 10.4. The minimum Gasteiger partial charge on any atom is -0.504 e. The zero-order valence-corrected chi connectivity index (χ0v) is 15.4. The number of rotatable bonds is 7. The van der Waals surface area contributed by atoms with Gasteiger partial charge in [-0.05, 0) is 32.3 Å². The molecule has 25 heavy (non-hydrogen) atoms. The average Bonchev–Trinajstić information content (AvgIpc) is 3.14. The van der Waals surface area contributed by atoms with E-state index in [4.69, 9.17) is 4.74 Å². The number of benzene rings is 1. The summed E-state index contributed by atoms with van der Waals surface area (Å²) in [4.78, 5) is 5.03. The number of piperazine rings is 1. The molecule has 1 aliphatic carbocycles. The number of ether oxygens (including phenoxy) is 1. The second kappa shape index (κ2) is 8.88. The van der Waals surface area contributed by atoms with Gasteiger partial charge in [-0.2, -0.15) is 0 Å². The molecule has 0 aromatic heterocycles. The molecule has 0 radical (unpaired) electrons. The first-order chi connectivity index (χ1) is 12.2. The van der Waals surface area contributed by atoms with E-state index < -0.39 is 0 Å². The van der Waals surface area contributed by atoms with Crippen molar-refractivity contribution < 1.29 is 14.9 Å². The van der Waals surface area contributed by atoms with Crippen LogP contribution in [0.5, 0.6) is 11.5 Å². The van der Waals surface area contributed by atoms with Crippen LogP contribution in [0.1, 0.15) is 44.6 Å². The summed E-state index contributed by atoms with van der Waals surface area (Å²) in [5.74, 6) is 0.831. The van der Waals surface area contributed by atoms with E-state index in [1.54, 1.807) is 0 Å². The summed E-state index contributed by atoms with van der Waals surface area (Å²) < 4.78 is 5.50. The van der Waals surface area contributed by atoms with Gasteiger partial charge in [0.15, 0.2) is 11.5 Å². The molecule has 140 valence electrons. The molecule has 0 amide bonds. The van der Waals surface area contributed by atoms with Gasteiger partial charge in [-0.15, -0.1) is 0 Å². The first-order valence-electron chi connectivity index (χ1n) is 9.75. The van der Waals surface area contributed by atoms with Gasteiger partial charge >= 0.3 is 0 Å². The zero-order chi connectivity index (χ0) is 17.6. The molecule has 1 aliphatic heterocycles. The van der Waals surface area contributed by atoms with E-state index in [9.17, 15) is 10.2 Å². The fraction of sp³-hybridized carbons (Fsp3) is 0.700. The first-order valence-corrected chi connectivity index (χ1v) is 9.75. The Morgan fingerprint density at radius 2 is 2.00 bits per heavy atom. The van der Waals surface area contributed by atoms with Crippen LogP contribution in [0.4, 0.5) is 0 Å². The molecule has 2 aliphatic rings. The Kier molecular flexibility index (Phi) is 6.57. The number of aliphatic hydroxyl groups is 1. The highest BCUT2D eigenvalue weighted by molar-refractivity contribution is 5.45. The topological polar surface area (TPSA) is 56.2 Å². The van der Waals surface area contributed by atoms with Crippen LogP contribution in [0.25, 0.3) is 0 Å². The lowest BCUT2D eigenvalue weighted by Gasteiger charge is -2.44. The fourth-order valence-electron chi connectivity index (χ4n) is 4.41. The largest absolute Gasteiger partial charge is 0.504 e. The van der Waals surface area contributed by atoms with Gasteiger partial charge in [0, 0.05) is 50.4 Å². The number of nitrogens with zero attached hydrogens (tertiary/aromatic N) is 2. The summed E-state index contributed by atoms with van der Waals surface area (Å²) in [5, 5.41) is 19.9. The molecule has 1 aromatic carbocycles. The molecule has 0 bridgehead atoms. The standard InChI is InChI=1S/C20H32N2O3/c1-2-25-19-9-5-6-16(20(19)24)14-21-11-12-22(17-7-3-4-8-17)18(15-21)10-13-23/h5-6,9,17-18,23-24H,2-4,7-8,10-15H2,1H3. The van der Waals surface area contributed by atoms with Gasteiger partial charge in [0.25, 0.3) is 0 Å². The van der Waals surface area contributed by atoms with E-state index in [-0.39, 0.29) is 12.4 Å². The van der Waals surface area contributed by atoms with E-state index in [0.717, 1.165) is 38.2 Å². The van der Waals surface area contributed by atoms with Crippen LogP contribution >= 0.6 is 0 Å². The van der Waals surface area contributed by atoms with Crippen LogP contribution < -0.4 is 4.74 Å². The molecule has 1 aromatic rings. The molecule has 2 fully saturated rings. The fourth-order valence-corrected chi connectivity index (χ4v) is 4.41. The normalized spacial score (nSPS) is 23.2. The van der Waals surface area contributed by atoms with E-state index in [2.05, 4.69) is 9.80 Å². The van der Waals surface area contributed by atoms with Crippen LogP contribution in [0.15, 0.2) is 18.2 Å². The van der Waals surface area contributed by atoms with Crippen LogP contribution in [-0.2, 0) is 6.54 Å². The Morgan fingerprint density at radius 1 is 1.20 bits per heavy atom. The minimum atomic E-state index is 0.243. The van der Waals surface area contributed by atoms with E-state index in [1.807, 2.05) is 25.1 Å². The average molecular weight is 348 g/mol. The number of hydrogen-bond acceptors (Lipinski definition) is 5. The maximum Gasteiger partial charge on any atom is 0.162 e. The van der Waals surface area contributed by atoms with Gasteiger partial charge in [-0.3, -0.25) is 9.80 Å². The minimum absolute atomic E-state index is 0.243. The molecular weight excluding hydrogens is 316 g/mol. The summed E-state index contributed by atoms with van der Waals surface area (Å²) in [7, 11) is 0. The molecule has 1 saturated heterocycles. The van der Waals surface area contributed by atoms with Gasteiger partial charge in [0.05, 0.1) is 6.61 Å². The predicted octanol–water partition coefficient (Wildman–Crippen LogP) is 2.60. The molecule has 1 atom stereocenters. The van der Waals surface area contributed by atoms with Crippen molar-refractivity contribution in [1.82, 2.24) is 9.80 Å². The molecule has 1 unspecified atom stereocenters. The Labute approximate surface area is 151 Å². The molecule has 5 heteroatoms. The highest BCUT2D eigenvalue weighted by Gasteiger charge is 2.33. The Balaban J connectivity index is 1.65. The Morgan fingerprint density at radius 3 is 2.72 bits per heavy atom. The van der Waals surface area contributed by atoms with Crippen molar-refractivity contribution in [3.05, 3.63) is 23.8 Å². The molecule has 3 rings (SSSR count). The maximum absolute atomic E-state index is 10.4. The number of hydrogen-bond donors (Lipinski definition) is 2. The van der Waals surface area contributed by atoms with Gasteiger partial charge in [-0.25, -0.2) is 0 Å². The molecule has 1 saturated carbocycles. The second-order valence-electron chi connectivity index (χ2n) is 7.27. The second-order valence-corrected chi connectivity index (χ2v) is 7.27. The van der Waals surface area contributed by atoms with Crippen molar-refractivity contribution in [3.8, 4) is 11.5 Å². The van der Waals surface area contributed by atoms with Crippen molar-refractivity contribution >= 4 is 0 Å². The molecule has 2 N–H and O–H groups in total. The summed E-state index contributed by atoms with van der Waals surface area (Å²) in [6.07, 6.45) is 6.12. The SMILES string of the molecule is CCOc1cccc(CN2CCN(C3CCCC3)C(CCO)C2)c1O. The summed E-state index contributed by atoms with van der Waals surface area (Å²) in [5.41, 5.74) is 0.919. The number of aromatic hydroxyl groups is 1. The van der Waals surface area contributed by atoms with Crippen molar-refractivity contribution in [3.63, 3.8) is 0 Å². The zero-order valence-electron chi connectivity index (χ0n) is 15.4. The lowest BCUT2D eigenvalue weighted by Crippen LogP contribution is -2.56. The molecular formula is C20H32N2O3. The third kappa shape index (κ3) is 4.46. The van der Waals surface area contributed by atoms with Crippen molar-refractivity contribution in [2.24, 2.45) is 0 Å². The van der Waals surface area contributed by atoms with Gasteiger partial charge in [0.1, 0.15) is 0 Å². The van der Waals surface area contributed by atoms with Crippen molar-refractivity contribution in [2.75, 3.05) is 32.8 Å². The van der Waals surface area contributed by atoms with Crippen LogP contribution in [-0.4, -0.2) is 64.9 Å². The first kappa shape index (κ1) is 18.5. The summed E-state index contributed by atoms with van der Waals surface area (Å²) in [6, 6.07) is 6.85. The number of aliphatic hydroxyl groups excluding tert-OH is 1. The van der Waals surface area contributed by atoms with Crippen LogP contribution in [0, 0.1) is 0 Å². The van der Waals surface area contributed by atoms with Crippen molar-refractivity contribution in [2.45, 2.75) is 57.7 Å². The van der Waals surface area contributed by atoms with E-state index in [0.29, 0.717) is 24.4 Å². The summed E-state index contributed by atoms with van der Waals surface area (Å²) in [6.45, 7) is 6.47. The van der Waals surface area contributed by atoms with Crippen LogP contribution in [0.3, 0.4) is 0 Å². The number of phenols is 1. The Hall–Kier alpha value is -1.30. The monoisotopic (exact) mass is 348 g/mol. The smallest absolute Gasteiger partial charge is 0.162 e. The lowest BCUT2D eigenvalue weighted by molar-refractivity contribution is 0.0264. The van der Waals surface area contributed by atoms with Crippen LogP contribution in [0.2, 0.25) is 0 Å². The molecule has 0 spiro atoms. The van der Waals surface area contributed by atoms with E-state index >= 15 is 0 Å². The highest BCUT2D eigenvalue weighted by Crippen LogP contribution is 2.32. The van der Waals surface area contributed by atoms with Gasteiger partial charge in [0.2, 0.25) is 0 Å². The third-order valence-corrected chi connectivity index (χ3v) is 5.64. The van der Waals surface area contributed by atoms with Gasteiger partial charge in [-0.1, -0.05) is 25.0 Å².